The summed E-state index contributed by atoms with van der Waals surface area (Å²) in [5, 5.41) is 0. The lowest BCUT2D eigenvalue weighted by molar-refractivity contribution is -0.276. The molecule has 0 radical (unpaired) electrons. The van der Waals surface area contributed by atoms with Crippen LogP contribution in [0.4, 0.5) is 0 Å². The van der Waals surface area contributed by atoms with Gasteiger partial charge in [-0.3, -0.25) is 9.68 Å². The molecule has 1 aliphatic rings. The number of ether oxygens (including phenoxy) is 1. The van der Waals surface area contributed by atoms with Crippen molar-refractivity contribution < 1.29 is 24.1 Å². The van der Waals surface area contributed by atoms with Gasteiger partial charge in [0.25, 0.3) is 0 Å². The Morgan fingerprint density at radius 1 is 1.00 bits per heavy atom. The summed E-state index contributed by atoms with van der Waals surface area (Å²) in [5.74, 6) is -0.738. The maximum Gasteiger partial charge on any atom is 0.342 e. The van der Waals surface area contributed by atoms with Gasteiger partial charge in [0, 0.05) is 12.8 Å². The molecule has 0 aromatic carbocycles. The molecule has 1 rings (SSSR count). The van der Waals surface area contributed by atoms with E-state index in [4.69, 9.17) is 4.74 Å². The molecule has 0 saturated carbocycles. The average Bonchev–Trinajstić information content (AvgIpc) is 2.04. The average molecular weight is 174 g/mol. The van der Waals surface area contributed by atoms with Gasteiger partial charge in [-0.25, -0.2) is 4.79 Å². The van der Waals surface area contributed by atoms with Crippen LogP contribution in [0.1, 0.15) is 19.3 Å². The number of cyclic esters (lactones) is 1. The Balaban J connectivity index is 2.31. The van der Waals surface area contributed by atoms with Crippen molar-refractivity contribution in [3.05, 3.63) is 0 Å². The van der Waals surface area contributed by atoms with Crippen LogP contribution in [-0.4, -0.2) is 25.2 Å². The molecule has 12 heavy (non-hydrogen) atoms. The van der Waals surface area contributed by atoms with Crippen LogP contribution in [0.5, 0.6) is 0 Å². The summed E-state index contributed by atoms with van der Waals surface area (Å²) in [7, 11) is 0. The topological polar surface area (TPSA) is 61.8 Å². The number of hydrogen-bond donors (Lipinski definition) is 0. The Kier molecular flexibility index (Phi) is 3.53. The molecular formula is C7H10O5. The van der Waals surface area contributed by atoms with Gasteiger partial charge in [0.05, 0.1) is 0 Å². The number of rotatable bonds is 0. The molecule has 0 amide bonds. The van der Waals surface area contributed by atoms with E-state index in [9.17, 15) is 9.59 Å². The van der Waals surface area contributed by atoms with Crippen molar-refractivity contribution in [1.29, 1.82) is 0 Å². The van der Waals surface area contributed by atoms with Crippen molar-refractivity contribution in [1.82, 2.24) is 0 Å². The van der Waals surface area contributed by atoms with Crippen LogP contribution < -0.4 is 0 Å². The minimum atomic E-state index is -0.440. The highest BCUT2D eigenvalue weighted by atomic mass is 17.2. The molecule has 0 atom stereocenters. The van der Waals surface area contributed by atoms with Crippen LogP contribution >= 0.6 is 0 Å². The fourth-order valence-corrected chi connectivity index (χ4v) is 0.788. The van der Waals surface area contributed by atoms with Gasteiger partial charge < -0.3 is 4.74 Å². The van der Waals surface area contributed by atoms with Crippen LogP contribution in [0.25, 0.3) is 0 Å². The van der Waals surface area contributed by atoms with E-state index < -0.39 is 5.97 Å². The third kappa shape index (κ3) is 3.34. The van der Waals surface area contributed by atoms with Gasteiger partial charge in [-0.2, -0.15) is 4.89 Å². The molecular weight excluding hydrogens is 164 g/mol. The SMILES string of the molecule is O=C1CCCC(=O)OOCCO1. The number of carbonyl (C=O) groups is 2. The molecule has 0 unspecified atom stereocenters. The van der Waals surface area contributed by atoms with Crippen molar-refractivity contribution in [2.75, 3.05) is 13.2 Å². The molecule has 0 spiro atoms. The predicted molar refractivity (Wildman–Crippen MR) is 36.9 cm³/mol. The summed E-state index contributed by atoms with van der Waals surface area (Å²) in [6.45, 7) is 0.226. The second-order valence-corrected chi connectivity index (χ2v) is 2.35. The van der Waals surface area contributed by atoms with E-state index in [0.717, 1.165) is 0 Å². The molecule has 1 fully saturated rings. The summed E-state index contributed by atoms with van der Waals surface area (Å²) in [6.07, 6.45) is 0.894. The Morgan fingerprint density at radius 3 is 2.58 bits per heavy atom. The van der Waals surface area contributed by atoms with Gasteiger partial charge in [0.2, 0.25) is 0 Å². The lowest BCUT2D eigenvalue weighted by atomic mass is 10.2. The molecule has 1 aliphatic heterocycles. The molecule has 5 nitrogen and oxygen atoms in total. The van der Waals surface area contributed by atoms with Gasteiger partial charge in [-0.05, 0) is 6.42 Å². The first kappa shape index (κ1) is 8.99. The maximum atomic E-state index is 10.8. The fourth-order valence-electron chi connectivity index (χ4n) is 0.788. The number of hydrogen-bond acceptors (Lipinski definition) is 5. The highest BCUT2D eigenvalue weighted by molar-refractivity contribution is 5.72. The lowest BCUT2D eigenvalue weighted by Gasteiger charge is -2.07. The van der Waals surface area contributed by atoms with Gasteiger partial charge in [-0.1, -0.05) is 0 Å². The lowest BCUT2D eigenvalue weighted by Crippen LogP contribution is -2.15. The van der Waals surface area contributed by atoms with E-state index in [1.807, 2.05) is 0 Å². The molecule has 0 aromatic rings. The molecule has 1 saturated heterocycles. The maximum absolute atomic E-state index is 10.8. The minimum absolute atomic E-state index is 0.0947. The van der Waals surface area contributed by atoms with Crippen LogP contribution in [0.15, 0.2) is 0 Å². The summed E-state index contributed by atoms with van der Waals surface area (Å²) in [4.78, 5) is 30.3. The van der Waals surface area contributed by atoms with Gasteiger partial charge in [0.1, 0.15) is 13.2 Å². The fraction of sp³-hybridized carbons (Fsp3) is 0.714. The minimum Gasteiger partial charge on any atom is -0.463 e. The second-order valence-electron chi connectivity index (χ2n) is 2.35. The number of esters is 1. The zero-order valence-electron chi connectivity index (χ0n) is 6.58. The molecule has 1 heterocycles. The first-order valence-corrected chi connectivity index (χ1v) is 3.77. The van der Waals surface area contributed by atoms with Crippen LogP contribution in [-0.2, 0) is 24.1 Å². The zero-order valence-corrected chi connectivity index (χ0v) is 6.58. The van der Waals surface area contributed by atoms with Crippen molar-refractivity contribution in [3.8, 4) is 0 Å². The van der Waals surface area contributed by atoms with E-state index in [1.54, 1.807) is 0 Å². The molecule has 0 aromatic heterocycles. The van der Waals surface area contributed by atoms with E-state index in [1.165, 1.54) is 0 Å². The van der Waals surface area contributed by atoms with Crippen LogP contribution in [0.2, 0.25) is 0 Å². The smallest absolute Gasteiger partial charge is 0.342 e. The largest absolute Gasteiger partial charge is 0.463 e. The van der Waals surface area contributed by atoms with Crippen LogP contribution in [0, 0.1) is 0 Å². The van der Waals surface area contributed by atoms with Crippen molar-refractivity contribution in [2.45, 2.75) is 19.3 Å². The monoisotopic (exact) mass is 174 g/mol. The quantitative estimate of drug-likeness (QED) is 0.387. The molecule has 0 bridgehead atoms. The Hall–Kier alpha value is -1.10. The molecule has 68 valence electrons. The van der Waals surface area contributed by atoms with Gasteiger partial charge in [-0.15, -0.1) is 0 Å². The van der Waals surface area contributed by atoms with E-state index in [2.05, 4.69) is 9.78 Å². The first-order valence-electron chi connectivity index (χ1n) is 3.77. The summed E-state index contributed by atoms with van der Waals surface area (Å²) < 4.78 is 4.70. The summed E-state index contributed by atoms with van der Waals surface area (Å²) in [6, 6.07) is 0. The summed E-state index contributed by atoms with van der Waals surface area (Å²) >= 11 is 0. The molecule has 0 N–H and O–H groups in total. The zero-order chi connectivity index (χ0) is 8.81. The Bertz CT molecular complexity index is 159. The normalized spacial score (nSPS) is 21.0. The molecule has 5 heteroatoms. The highest BCUT2D eigenvalue weighted by Crippen LogP contribution is 2.01. The van der Waals surface area contributed by atoms with Crippen molar-refractivity contribution in [2.24, 2.45) is 0 Å². The van der Waals surface area contributed by atoms with Crippen molar-refractivity contribution >= 4 is 11.9 Å². The van der Waals surface area contributed by atoms with E-state index in [-0.39, 0.29) is 32.0 Å². The second kappa shape index (κ2) is 4.71. The standard InChI is InChI=1S/C7H10O5/c8-6-2-1-3-7(9)12-11-5-4-10-6/h1-5H2. The summed E-state index contributed by atoms with van der Waals surface area (Å²) in [5.41, 5.74) is 0. The highest BCUT2D eigenvalue weighted by Gasteiger charge is 2.10. The Labute approximate surface area is 69.5 Å². The van der Waals surface area contributed by atoms with Crippen molar-refractivity contribution in [3.63, 3.8) is 0 Å². The Morgan fingerprint density at radius 2 is 1.75 bits per heavy atom. The predicted octanol–water partition coefficient (Wildman–Crippen LogP) is 0.188. The third-order valence-electron chi connectivity index (χ3n) is 1.34. The van der Waals surface area contributed by atoms with E-state index >= 15 is 0 Å². The van der Waals surface area contributed by atoms with Gasteiger partial charge in [0.15, 0.2) is 0 Å². The molecule has 0 aliphatic carbocycles. The third-order valence-corrected chi connectivity index (χ3v) is 1.34. The van der Waals surface area contributed by atoms with Crippen LogP contribution in [0.3, 0.4) is 0 Å². The number of carbonyl (C=O) groups excluding carboxylic acids is 2. The van der Waals surface area contributed by atoms with E-state index in [0.29, 0.717) is 6.42 Å². The van der Waals surface area contributed by atoms with Gasteiger partial charge >= 0.3 is 11.9 Å². The first-order chi connectivity index (χ1) is 5.79.